The van der Waals surface area contributed by atoms with Gasteiger partial charge in [0.2, 0.25) is 0 Å². The maximum absolute atomic E-state index is 9.28. The van der Waals surface area contributed by atoms with E-state index >= 15 is 0 Å². The molecular formula is C13H29NO2. The summed E-state index contributed by atoms with van der Waals surface area (Å²) in [5.74, 6) is 0. The Morgan fingerprint density at radius 2 is 1.62 bits per heavy atom. The predicted molar refractivity (Wildman–Crippen MR) is 68.7 cm³/mol. The van der Waals surface area contributed by atoms with Crippen LogP contribution in [-0.2, 0) is 4.74 Å². The number of ether oxygens (including phenoxy) is 1. The van der Waals surface area contributed by atoms with Crippen LogP contribution in [0.25, 0.3) is 0 Å². The van der Waals surface area contributed by atoms with Crippen LogP contribution in [0.5, 0.6) is 0 Å². The van der Waals surface area contributed by atoms with Crippen LogP contribution in [0.15, 0.2) is 0 Å². The molecule has 0 aliphatic heterocycles. The normalized spacial score (nSPS) is 16.1. The maximum Gasteiger partial charge on any atom is 0.0611 e. The van der Waals surface area contributed by atoms with Gasteiger partial charge in [-0.05, 0) is 31.7 Å². The Morgan fingerprint density at radius 1 is 1.06 bits per heavy atom. The van der Waals surface area contributed by atoms with Crippen LogP contribution in [0.1, 0.15) is 47.5 Å². The molecule has 0 bridgehead atoms. The van der Waals surface area contributed by atoms with Crippen molar-refractivity contribution in [1.29, 1.82) is 0 Å². The lowest BCUT2D eigenvalue weighted by atomic mass is 9.93. The second kappa shape index (κ2) is 7.25. The molecule has 1 unspecified atom stereocenters. The molecule has 0 fully saturated rings. The highest BCUT2D eigenvalue weighted by atomic mass is 16.5. The Bertz CT molecular complexity index is 177. The van der Waals surface area contributed by atoms with E-state index < -0.39 is 0 Å². The summed E-state index contributed by atoms with van der Waals surface area (Å²) in [6.45, 7) is 13.3. The van der Waals surface area contributed by atoms with Gasteiger partial charge in [0.1, 0.15) is 0 Å². The molecular weight excluding hydrogens is 202 g/mol. The van der Waals surface area contributed by atoms with Gasteiger partial charge < -0.3 is 15.2 Å². The van der Waals surface area contributed by atoms with E-state index in [2.05, 4.69) is 26.1 Å². The van der Waals surface area contributed by atoms with Crippen LogP contribution in [0, 0.1) is 5.41 Å². The van der Waals surface area contributed by atoms with Crippen LogP contribution < -0.4 is 5.32 Å². The molecule has 0 aromatic carbocycles. The largest absolute Gasteiger partial charge is 0.394 e. The highest BCUT2D eigenvalue weighted by Gasteiger charge is 2.21. The zero-order valence-corrected chi connectivity index (χ0v) is 11.6. The molecule has 1 atom stereocenters. The Labute approximate surface area is 101 Å². The van der Waals surface area contributed by atoms with E-state index in [1.54, 1.807) is 0 Å². The average Bonchev–Trinajstić information content (AvgIpc) is 2.16. The fourth-order valence-electron chi connectivity index (χ4n) is 1.43. The summed E-state index contributed by atoms with van der Waals surface area (Å²) in [5, 5.41) is 12.6. The topological polar surface area (TPSA) is 41.5 Å². The number of nitrogens with one attached hydrogen (secondary N) is 1. The fourth-order valence-corrected chi connectivity index (χ4v) is 1.43. The molecule has 0 aliphatic carbocycles. The van der Waals surface area contributed by atoms with Crippen molar-refractivity contribution in [2.24, 2.45) is 5.41 Å². The van der Waals surface area contributed by atoms with Crippen molar-refractivity contribution in [3.63, 3.8) is 0 Å². The summed E-state index contributed by atoms with van der Waals surface area (Å²) in [5.41, 5.74) is 0.137. The second-order valence-corrected chi connectivity index (χ2v) is 5.92. The lowest BCUT2D eigenvalue weighted by Crippen LogP contribution is -2.46. The van der Waals surface area contributed by atoms with Crippen LogP contribution in [0.4, 0.5) is 0 Å². The quantitative estimate of drug-likeness (QED) is 0.629. The summed E-state index contributed by atoms with van der Waals surface area (Å²) < 4.78 is 5.60. The Hall–Kier alpha value is -0.120. The number of aliphatic hydroxyl groups excluding tert-OH is 1. The molecule has 98 valence electrons. The first-order chi connectivity index (χ1) is 7.33. The van der Waals surface area contributed by atoms with Gasteiger partial charge in [0.25, 0.3) is 0 Å². The molecule has 0 aromatic rings. The summed E-state index contributed by atoms with van der Waals surface area (Å²) in [6.07, 6.45) is 1.92. The molecule has 16 heavy (non-hydrogen) atoms. The molecule has 3 nitrogen and oxygen atoms in total. The van der Waals surface area contributed by atoms with Gasteiger partial charge in [0.15, 0.2) is 0 Å². The number of rotatable bonds is 8. The monoisotopic (exact) mass is 231 g/mol. The van der Waals surface area contributed by atoms with Crippen LogP contribution in [0.3, 0.4) is 0 Å². The van der Waals surface area contributed by atoms with Crippen molar-refractivity contribution < 1.29 is 9.84 Å². The predicted octanol–water partition coefficient (Wildman–Crippen LogP) is 2.19. The van der Waals surface area contributed by atoms with E-state index in [1.165, 1.54) is 0 Å². The maximum atomic E-state index is 9.28. The first-order valence-electron chi connectivity index (χ1n) is 6.26. The first kappa shape index (κ1) is 15.9. The molecule has 0 aromatic heterocycles. The lowest BCUT2D eigenvalue weighted by Gasteiger charge is -2.28. The van der Waals surface area contributed by atoms with E-state index in [0.717, 1.165) is 26.0 Å². The van der Waals surface area contributed by atoms with Gasteiger partial charge in [0.05, 0.1) is 6.61 Å². The number of likely N-dealkylation sites (N-methyl/N-ethyl adjacent to an activating group) is 1. The van der Waals surface area contributed by atoms with E-state index in [9.17, 15) is 5.11 Å². The molecule has 0 aliphatic rings. The van der Waals surface area contributed by atoms with Crippen molar-refractivity contribution in [3.05, 3.63) is 0 Å². The SMILES string of the molecule is CCNC(C)(CO)CCOCCC(C)(C)C. The molecule has 0 rings (SSSR count). The Kier molecular flexibility index (Phi) is 7.20. The van der Waals surface area contributed by atoms with Crippen molar-refractivity contribution in [2.45, 2.75) is 53.0 Å². The van der Waals surface area contributed by atoms with Crippen molar-refractivity contribution in [1.82, 2.24) is 5.32 Å². The standard InChI is InChI=1S/C13H29NO2/c1-6-14-13(5,11-15)8-10-16-9-7-12(2,3)4/h14-15H,6-11H2,1-5H3. The summed E-state index contributed by atoms with van der Waals surface area (Å²) in [6, 6.07) is 0. The number of hydrogen-bond acceptors (Lipinski definition) is 3. The number of aliphatic hydroxyl groups is 1. The van der Waals surface area contributed by atoms with Crippen molar-refractivity contribution in [2.75, 3.05) is 26.4 Å². The summed E-state index contributed by atoms with van der Waals surface area (Å²) in [7, 11) is 0. The lowest BCUT2D eigenvalue weighted by molar-refractivity contribution is 0.0738. The van der Waals surface area contributed by atoms with Gasteiger partial charge in [0, 0.05) is 18.8 Å². The highest BCUT2D eigenvalue weighted by molar-refractivity contribution is 4.81. The average molecular weight is 231 g/mol. The molecule has 3 heteroatoms. The minimum atomic E-state index is -0.198. The van der Waals surface area contributed by atoms with Gasteiger partial charge in [-0.1, -0.05) is 27.7 Å². The first-order valence-corrected chi connectivity index (χ1v) is 6.26. The molecule has 2 N–H and O–H groups in total. The van der Waals surface area contributed by atoms with E-state index in [-0.39, 0.29) is 12.1 Å². The third kappa shape index (κ3) is 8.08. The van der Waals surface area contributed by atoms with Crippen molar-refractivity contribution in [3.8, 4) is 0 Å². The Balaban J connectivity index is 3.64. The second-order valence-electron chi connectivity index (χ2n) is 5.92. The molecule has 0 radical (unpaired) electrons. The third-order valence-electron chi connectivity index (χ3n) is 2.75. The molecule has 0 amide bonds. The minimum Gasteiger partial charge on any atom is -0.394 e. The summed E-state index contributed by atoms with van der Waals surface area (Å²) >= 11 is 0. The van der Waals surface area contributed by atoms with E-state index in [4.69, 9.17) is 4.74 Å². The van der Waals surface area contributed by atoms with Crippen LogP contribution >= 0.6 is 0 Å². The van der Waals surface area contributed by atoms with Gasteiger partial charge in [-0.2, -0.15) is 0 Å². The molecule has 0 spiro atoms. The smallest absolute Gasteiger partial charge is 0.0611 e. The van der Waals surface area contributed by atoms with Crippen molar-refractivity contribution >= 4 is 0 Å². The summed E-state index contributed by atoms with van der Waals surface area (Å²) in [4.78, 5) is 0. The minimum absolute atomic E-state index is 0.156. The van der Waals surface area contributed by atoms with Gasteiger partial charge in [-0.25, -0.2) is 0 Å². The highest BCUT2D eigenvalue weighted by Crippen LogP contribution is 2.18. The zero-order valence-electron chi connectivity index (χ0n) is 11.6. The molecule has 0 saturated heterocycles. The fraction of sp³-hybridized carbons (Fsp3) is 1.00. The van der Waals surface area contributed by atoms with Gasteiger partial charge in [-0.15, -0.1) is 0 Å². The van der Waals surface area contributed by atoms with E-state index in [1.807, 2.05) is 13.8 Å². The third-order valence-corrected chi connectivity index (χ3v) is 2.75. The van der Waals surface area contributed by atoms with Gasteiger partial charge in [-0.3, -0.25) is 0 Å². The Morgan fingerprint density at radius 3 is 2.06 bits per heavy atom. The van der Waals surface area contributed by atoms with Crippen LogP contribution in [0.2, 0.25) is 0 Å². The van der Waals surface area contributed by atoms with Gasteiger partial charge >= 0.3 is 0 Å². The molecule has 0 saturated carbocycles. The van der Waals surface area contributed by atoms with Crippen LogP contribution in [-0.4, -0.2) is 37.0 Å². The molecule has 0 heterocycles. The van der Waals surface area contributed by atoms with E-state index in [0.29, 0.717) is 12.0 Å². The zero-order chi connectivity index (χ0) is 12.7. The number of hydrogen-bond donors (Lipinski definition) is 2.